The lowest BCUT2D eigenvalue weighted by molar-refractivity contribution is -0.153. The lowest BCUT2D eigenvalue weighted by atomic mass is 9.89. The van der Waals surface area contributed by atoms with Gasteiger partial charge < -0.3 is 15.4 Å². The monoisotopic (exact) mass is 574 g/mol. The Bertz CT molecular complexity index is 1680. The lowest BCUT2D eigenvalue weighted by Crippen LogP contribution is -2.52. The number of amides is 2. The molecule has 2 N–H and O–H groups in total. The quantitative estimate of drug-likeness (QED) is 0.454. The summed E-state index contributed by atoms with van der Waals surface area (Å²) in [5.41, 5.74) is 1.02. The van der Waals surface area contributed by atoms with E-state index in [4.69, 9.17) is 10.00 Å². The highest BCUT2D eigenvalue weighted by Gasteiger charge is 2.46. The van der Waals surface area contributed by atoms with E-state index in [1.54, 1.807) is 6.07 Å². The first-order valence-corrected chi connectivity index (χ1v) is 13.9. The zero-order valence-corrected chi connectivity index (χ0v) is 21.7. The molecule has 0 saturated heterocycles. The highest BCUT2D eigenvalue weighted by molar-refractivity contribution is 7.91. The first-order chi connectivity index (χ1) is 18.8. The molecule has 1 aromatic carbocycles. The molecule has 2 amide bonds. The molecule has 2 aliphatic rings. The molecule has 0 unspecified atom stereocenters. The number of hydrogen-bond donors (Lipinski definition) is 2. The topological polar surface area (TPSA) is 156 Å². The number of aryl methyl sites for hydroxylation is 1. The van der Waals surface area contributed by atoms with Gasteiger partial charge in [0.2, 0.25) is 5.91 Å². The number of sulfone groups is 1. The molecule has 0 fully saturated rings. The third-order valence-electron chi connectivity index (χ3n) is 6.55. The summed E-state index contributed by atoms with van der Waals surface area (Å²) in [6, 6.07) is 9.45. The Kier molecular flexibility index (Phi) is 6.53. The van der Waals surface area contributed by atoms with Gasteiger partial charge in [-0.3, -0.25) is 19.3 Å². The van der Waals surface area contributed by atoms with Crippen molar-refractivity contribution in [3.8, 4) is 23.2 Å². The zero-order chi connectivity index (χ0) is 28.9. The molecule has 1 aliphatic heterocycles. The number of ether oxygens (including phenoxy) is 1. The second kappa shape index (κ2) is 9.63. The summed E-state index contributed by atoms with van der Waals surface area (Å²) in [6.07, 6.45) is -1.41. The van der Waals surface area contributed by atoms with Crippen molar-refractivity contribution in [2.75, 3.05) is 23.9 Å². The summed E-state index contributed by atoms with van der Waals surface area (Å²) in [5.74, 6) is -2.24. The fourth-order valence-corrected chi connectivity index (χ4v) is 5.51. The maximum atomic E-state index is 13.5. The fraction of sp³-hybridized carbons (Fsp3) is 0.320. The number of benzene rings is 1. The van der Waals surface area contributed by atoms with Gasteiger partial charge in [-0.05, 0) is 48.2 Å². The van der Waals surface area contributed by atoms with Crippen molar-refractivity contribution in [3.63, 3.8) is 0 Å². The van der Waals surface area contributed by atoms with E-state index in [1.807, 2.05) is 6.07 Å². The van der Waals surface area contributed by atoms with Crippen LogP contribution in [0.5, 0.6) is 5.75 Å². The summed E-state index contributed by atoms with van der Waals surface area (Å²) < 4.78 is 67.4. The Hall–Kier alpha value is -4.45. The molecule has 40 heavy (non-hydrogen) atoms. The summed E-state index contributed by atoms with van der Waals surface area (Å²) in [5, 5.41) is 19.1. The number of halogens is 3. The molecule has 15 heteroatoms. The van der Waals surface area contributed by atoms with Crippen LogP contribution < -0.4 is 15.4 Å². The van der Waals surface area contributed by atoms with Crippen molar-refractivity contribution < 1.29 is 35.9 Å². The van der Waals surface area contributed by atoms with Crippen LogP contribution in [0.1, 0.15) is 33.6 Å². The van der Waals surface area contributed by atoms with E-state index in [0.29, 0.717) is 24.0 Å². The molecular weight excluding hydrogens is 553 g/mol. The van der Waals surface area contributed by atoms with Crippen LogP contribution in [-0.4, -0.2) is 59.8 Å². The van der Waals surface area contributed by atoms with Crippen molar-refractivity contribution in [2.24, 2.45) is 0 Å². The molecule has 3 heterocycles. The number of fused-ring (bicyclic) bond motifs is 3. The predicted molar refractivity (Wildman–Crippen MR) is 134 cm³/mol. The first-order valence-electron chi connectivity index (χ1n) is 11.9. The van der Waals surface area contributed by atoms with E-state index in [1.165, 1.54) is 35.1 Å². The molecule has 3 aromatic rings. The number of pyridine rings is 1. The van der Waals surface area contributed by atoms with Gasteiger partial charge in [0.05, 0.1) is 23.3 Å². The van der Waals surface area contributed by atoms with Gasteiger partial charge in [-0.1, -0.05) is 6.07 Å². The Morgan fingerprint density at radius 1 is 1.30 bits per heavy atom. The highest BCUT2D eigenvalue weighted by Crippen LogP contribution is 2.43. The minimum absolute atomic E-state index is 0.0211. The number of rotatable bonds is 6. The smallest absolute Gasteiger partial charge is 0.422 e. The number of nitrogens with zero attached hydrogens (tertiary/aromatic N) is 4. The highest BCUT2D eigenvalue weighted by atomic mass is 32.2. The molecule has 0 radical (unpaired) electrons. The molecule has 11 nitrogen and oxygen atoms in total. The van der Waals surface area contributed by atoms with Gasteiger partial charge in [-0.15, -0.1) is 0 Å². The third-order valence-corrected chi connectivity index (χ3v) is 7.34. The summed E-state index contributed by atoms with van der Waals surface area (Å²) >= 11 is 0. The number of aromatic nitrogens is 3. The maximum Gasteiger partial charge on any atom is 0.422 e. The average Bonchev–Trinajstić information content (AvgIpc) is 3.39. The summed E-state index contributed by atoms with van der Waals surface area (Å²) in [6.45, 7) is -1.31. The van der Waals surface area contributed by atoms with Gasteiger partial charge in [-0.2, -0.15) is 23.5 Å². The Balaban J connectivity index is 1.53. The number of nitrogens with one attached hydrogen (secondary N) is 2. The van der Waals surface area contributed by atoms with Crippen LogP contribution in [0.25, 0.3) is 11.4 Å². The van der Waals surface area contributed by atoms with E-state index < -0.39 is 45.7 Å². The Morgan fingerprint density at radius 2 is 2.08 bits per heavy atom. The minimum Gasteiger partial charge on any atom is -0.484 e. The molecule has 0 bridgehead atoms. The number of nitriles is 1. The molecule has 0 saturated carbocycles. The van der Waals surface area contributed by atoms with Crippen LogP contribution in [0.3, 0.4) is 0 Å². The fourth-order valence-electron chi connectivity index (χ4n) is 4.97. The number of hydrogen-bond acceptors (Lipinski definition) is 8. The number of carbonyl (C=O) groups excluding carboxylic acids is 2. The molecule has 1 spiro atoms. The van der Waals surface area contributed by atoms with Gasteiger partial charge in [0, 0.05) is 12.5 Å². The van der Waals surface area contributed by atoms with Crippen molar-refractivity contribution >= 4 is 27.3 Å². The molecule has 2 aromatic heterocycles. The minimum atomic E-state index is -4.48. The van der Waals surface area contributed by atoms with E-state index in [-0.39, 0.29) is 40.6 Å². The van der Waals surface area contributed by atoms with Crippen molar-refractivity contribution in [1.29, 1.82) is 5.26 Å². The van der Waals surface area contributed by atoms with Gasteiger partial charge in [-0.25, -0.2) is 8.42 Å². The summed E-state index contributed by atoms with van der Waals surface area (Å²) in [7, 11) is -3.68. The average molecular weight is 575 g/mol. The van der Waals surface area contributed by atoms with Crippen molar-refractivity contribution in [1.82, 2.24) is 20.1 Å². The summed E-state index contributed by atoms with van der Waals surface area (Å²) in [4.78, 5) is 30.3. The van der Waals surface area contributed by atoms with Gasteiger partial charge >= 0.3 is 6.18 Å². The van der Waals surface area contributed by atoms with E-state index in [0.717, 1.165) is 6.26 Å². The van der Waals surface area contributed by atoms with Crippen LogP contribution >= 0.6 is 0 Å². The van der Waals surface area contributed by atoms with Crippen LogP contribution in [0, 0.1) is 11.3 Å². The van der Waals surface area contributed by atoms with Crippen molar-refractivity contribution in [3.05, 3.63) is 58.9 Å². The van der Waals surface area contributed by atoms with Crippen LogP contribution in [-0.2, 0) is 33.1 Å². The maximum absolute atomic E-state index is 13.5. The molecule has 5 rings (SSSR count). The second-order valence-corrected chi connectivity index (χ2v) is 11.8. The van der Waals surface area contributed by atoms with Crippen LogP contribution in [0.4, 0.5) is 18.9 Å². The molecule has 1 atom stereocenters. The second-order valence-electron chi connectivity index (χ2n) is 9.65. The van der Waals surface area contributed by atoms with E-state index >= 15 is 0 Å². The third kappa shape index (κ3) is 5.34. The first kappa shape index (κ1) is 27.1. The normalized spacial score (nSPS) is 18.0. The van der Waals surface area contributed by atoms with E-state index in [2.05, 4.69) is 20.7 Å². The lowest BCUT2D eigenvalue weighted by Gasteiger charge is -2.36. The van der Waals surface area contributed by atoms with Crippen LogP contribution in [0.2, 0.25) is 0 Å². The van der Waals surface area contributed by atoms with E-state index in [9.17, 15) is 31.2 Å². The SMILES string of the molecule is CS(=O)(=O)CC(=O)Nc1c(-c2ccc(C#N)cn2)nn2c1C(=O)N[C@]1(CCc3cc(OCC(F)(F)F)ccc31)C2. The van der Waals surface area contributed by atoms with Gasteiger partial charge in [0.25, 0.3) is 5.91 Å². The molecule has 208 valence electrons. The Labute approximate surface area is 225 Å². The number of alkyl halides is 3. The molecular formula is C25H21F3N6O5S. The number of anilines is 1. The standard InChI is InChI=1S/C25H21F3N6O5S/c1-40(37,38)11-19(35)31-21-20(18-5-2-14(9-29)10-30-18)33-34-12-24(32-23(36)22(21)34)7-6-15-8-16(3-4-17(15)24)39-13-25(26,27)28/h2-5,8,10H,6-7,11-13H2,1H3,(H,31,35)(H,32,36)/t24-/m1/s1. The zero-order valence-electron chi connectivity index (χ0n) is 20.9. The van der Waals surface area contributed by atoms with Gasteiger partial charge in [0.15, 0.2) is 22.1 Å². The van der Waals surface area contributed by atoms with Crippen molar-refractivity contribution in [2.45, 2.75) is 31.1 Å². The van der Waals surface area contributed by atoms with Crippen LogP contribution in [0.15, 0.2) is 36.5 Å². The predicted octanol–water partition coefficient (Wildman–Crippen LogP) is 2.33. The Morgan fingerprint density at radius 3 is 2.73 bits per heavy atom. The number of carbonyl (C=O) groups is 2. The van der Waals surface area contributed by atoms with Gasteiger partial charge in [0.1, 0.15) is 29.0 Å². The molecule has 1 aliphatic carbocycles. The largest absolute Gasteiger partial charge is 0.484 e.